The van der Waals surface area contributed by atoms with E-state index in [0.29, 0.717) is 25.0 Å². The predicted octanol–water partition coefficient (Wildman–Crippen LogP) is 4.24. The molecule has 3 rings (SSSR count). The second-order valence-electron chi connectivity index (χ2n) is 8.45. The number of hydrogen-bond acceptors (Lipinski definition) is 3. The van der Waals surface area contributed by atoms with E-state index in [1.807, 2.05) is 17.0 Å². The first-order chi connectivity index (χ1) is 14.5. The SMILES string of the molecule is CN=C(NCC1CCCN(C)C1c1cccc(Cl)c1)NC1CCN(CC(F)F)CC1.I. The molecular formula is C22H35ClF2IN5. The topological polar surface area (TPSA) is 42.9 Å². The maximum absolute atomic E-state index is 12.6. The van der Waals surface area contributed by atoms with Crippen molar-refractivity contribution in [3.05, 3.63) is 34.9 Å². The first-order valence-electron chi connectivity index (χ1n) is 10.9. The fourth-order valence-electron chi connectivity index (χ4n) is 4.76. The number of nitrogens with zero attached hydrogens (tertiary/aromatic N) is 3. The van der Waals surface area contributed by atoms with Crippen LogP contribution in [0.4, 0.5) is 8.78 Å². The minimum absolute atomic E-state index is 0. The number of aliphatic imine (C=N–C) groups is 1. The van der Waals surface area contributed by atoms with Crippen LogP contribution >= 0.6 is 35.6 Å². The van der Waals surface area contributed by atoms with Gasteiger partial charge in [0.05, 0.1) is 6.54 Å². The van der Waals surface area contributed by atoms with Crippen LogP contribution in [0.25, 0.3) is 0 Å². The van der Waals surface area contributed by atoms with Gasteiger partial charge in [0.15, 0.2) is 5.96 Å². The smallest absolute Gasteiger partial charge is 0.251 e. The third-order valence-electron chi connectivity index (χ3n) is 6.28. The lowest BCUT2D eigenvalue weighted by Crippen LogP contribution is -2.51. The summed E-state index contributed by atoms with van der Waals surface area (Å²) in [5, 5.41) is 7.77. The largest absolute Gasteiger partial charge is 0.356 e. The molecule has 0 radical (unpaired) electrons. The summed E-state index contributed by atoms with van der Waals surface area (Å²) in [6, 6.07) is 8.75. The molecule has 31 heavy (non-hydrogen) atoms. The van der Waals surface area contributed by atoms with E-state index in [9.17, 15) is 8.78 Å². The van der Waals surface area contributed by atoms with Gasteiger partial charge in [0.1, 0.15) is 0 Å². The van der Waals surface area contributed by atoms with Crippen LogP contribution in [0.1, 0.15) is 37.3 Å². The Kier molecular flexibility index (Phi) is 11.2. The second-order valence-corrected chi connectivity index (χ2v) is 8.88. The van der Waals surface area contributed by atoms with Crippen molar-refractivity contribution >= 4 is 41.5 Å². The predicted molar refractivity (Wildman–Crippen MR) is 135 cm³/mol. The van der Waals surface area contributed by atoms with Gasteiger partial charge in [-0.05, 0) is 62.9 Å². The molecule has 176 valence electrons. The quantitative estimate of drug-likeness (QED) is 0.306. The molecule has 1 aromatic rings. The van der Waals surface area contributed by atoms with Gasteiger partial charge >= 0.3 is 0 Å². The molecule has 1 aromatic carbocycles. The number of likely N-dealkylation sites (tertiary alicyclic amines) is 2. The van der Waals surface area contributed by atoms with E-state index >= 15 is 0 Å². The Balaban J connectivity index is 0.00000341. The number of benzene rings is 1. The Morgan fingerprint density at radius 3 is 2.61 bits per heavy atom. The fourth-order valence-corrected chi connectivity index (χ4v) is 4.96. The zero-order valence-electron chi connectivity index (χ0n) is 18.4. The van der Waals surface area contributed by atoms with Crippen LogP contribution in [0, 0.1) is 5.92 Å². The Labute approximate surface area is 207 Å². The van der Waals surface area contributed by atoms with Crippen molar-refractivity contribution in [2.45, 2.75) is 44.2 Å². The van der Waals surface area contributed by atoms with Crippen molar-refractivity contribution in [1.82, 2.24) is 20.4 Å². The van der Waals surface area contributed by atoms with Gasteiger partial charge in [-0.2, -0.15) is 0 Å². The number of rotatable bonds is 6. The van der Waals surface area contributed by atoms with E-state index in [1.165, 1.54) is 12.0 Å². The van der Waals surface area contributed by atoms with Crippen molar-refractivity contribution in [2.24, 2.45) is 10.9 Å². The third-order valence-corrected chi connectivity index (χ3v) is 6.51. The molecule has 0 spiro atoms. The van der Waals surface area contributed by atoms with Crippen molar-refractivity contribution in [1.29, 1.82) is 0 Å². The summed E-state index contributed by atoms with van der Waals surface area (Å²) in [7, 11) is 3.96. The highest BCUT2D eigenvalue weighted by Gasteiger charge is 2.31. The lowest BCUT2D eigenvalue weighted by Gasteiger charge is -2.40. The van der Waals surface area contributed by atoms with Crippen LogP contribution in [-0.4, -0.2) is 75.0 Å². The van der Waals surface area contributed by atoms with Gasteiger partial charge in [-0.25, -0.2) is 8.78 Å². The summed E-state index contributed by atoms with van der Waals surface area (Å²) in [6.45, 7) is 3.18. The van der Waals surface area contributed by atoms with Gasteiger partial charge in [-0.15, -0.1) is 24.0 Å². The fraction of sp³-hybridized carbons (Fsp3) is 0.682. The zero-order chi connectivity index (χ0) is 21.5. The zero-order valence-corrected chi connectivity index (χ0v) is 21.5. The number of alkyl halides is 2. The minimum Gasteiger partial charge on any atom is -0.356 e. The summed E-state index contributed by atoms with van der Waals surface area (Å²) in [6.07, 6.45) is 1.77. The molecule has 9 heteroatoms. The minimum atomic E-state index is -2.26. The van der Waals surface area contributed by atoms with E-state index < -0.39 is 6.43 Å². The van der Waals surface area contributed by atoms with Crippen LogP contribution in [0.3, 0.4) is 0 Å². The van der Waals surface area contributed by atoms with Crippen LogP contribution in [0.15, 0.2) is 29.3 Å². The van der Waals surface area contributed by atoms with Gasteiger partial charge < -0.3 is 10.6 Å². The summed E-state index contributed by atoms with van der Waals surface area (Å²) in [5.41, 5.74) is 1.26. The molecule has 2 saturated heterocycles. The van der Waals surface area contributed by atoms with Crippen LogP contribution < -0.4 is 10.6 Å². The maximum atomic E-state index is 12.6. The molecule has 2 N–H and O–H groups in total. The lowest BCUT2D eigenvalue weighted by atomic mass is 9.85. The highest BCUT2D eigenvalue weighted by molar-refractivity contribution is 14.0. The molecule has 2 aliphatic heterocycles. The number of halogens is 4. The molecule has 0 saturated carbocycles. The standard InChI is InChI=1S/C22H34ClF2N5.HI/c1-26-22(28-19-8-11-30(12-9-19)15-20(24)25)27-14-17-6-4-10-29(2)21(17)16-5-3-7-18(23)13-16;/h3,5,7,13,17,19-21H,4,6,8-12,14-15H2,1-2H3,(H2,26,27,28);1H. The van der Waals surface area contributed by atoms with Gasteiger partial charge in [0.25, 0.3) is 6.43 Å². The molecule has 5 nitrogen and oxygen atoms in total. The highest BCUT2D eigenvalue weighted by atomic mass is 127. The van der Waals surface area contributed by atoms with Crippen LogP contribution in [0.5, 0.6) is 0 Å². The van der Waals surface area contributed by atoms with Crippen molar-refractivity contribution in [3.8, 4) is 0 Å². The summed E-state index contributed by atoms with van der Waals surface area (Å²) in [4.78, 5) is 8.64. The summed E-state index contributed by atoms with van der Waals surface area (Å²) >= 11 is 6.25. The maximum Gasteiger partial charge on any atom is 0.251 e. The Bertz CT molecular complexity index is 700. The molecule has 2 atom stereocenters. The number of nitrogens with one attached hydrogen (secondary N) is 2. The first kappa shape index (κ1) is 26.5. The van der Waals surface area contributed by atoms with E-state index in [1.54, 1.807) is 7.05 Å². The molecule has 0 aliphatic carbocycles. The van der Waals surface area contributed by atoms with Crippen molar-refractivity contribution in [3.63, 3.8) is 0 Å². The number of hydrogen-bond donors (Lipinski definition) is 2. The van der Waals surface area contributed by atoms with E-state index in [4.69, 9.17) is 11.6 Å². The molecule has 0 bridgehead atoms. The lowest BCUT2D eigenvalue weighted by molar-refractivity contribution is 0.0744. The monoisotopic (exact) mass is 569 g/mol. The highest BCUT2D eigenvalue weighted by Crippen LogP contribution is 2.35. The van der Waals surface area contributed by atoms with Crippen LogP contribution in [0.2, 0.25) is 5.02 Å². The van der Waals surface area contributed by atoms with E-state index in [-0.39, 0.29) is 36.6 Å². The van der Waals surface area contributed by atoms with Gasteiger partial charge in [-0.1, -0.05) is 23.7 Å². The molecule has 2 unspecified atom stereocenters. The first-order valence-corrected chi connectivity index (χ1v) is 11.3. The normalized spacial score (nSPS) is 24.1. The van der Waals surface area contributed by atoms with E-state index in [2.05, 4.69) is 39.7 Å². The number of guanidine groups is 1. The molecule has 0 aromatic heterocycles. The molecule has 2 aliphatic rings. The average molecular weight is 570 g/mol. The Morgan fingerprint density at radius 1 is 1.23 bits per heavy atom. The number of piperidine rings is 2. The second kappa shape index (κ2) is 13.1. The Morgan fingerprint density at radius 2 is 1.97 bits per heavy atom. The van der Waals surface area contributed by atoms with Crippen LogP contribution in [-0.2, 0) is 0 Å². The van der Waals surface area contributed by atoms with E-state index in [0.717, 1.165) is 43.3 Å². The van der Waals surface area contributed by atoms with Crippen molar-refractivity contribution in [2.75, 3.05) is 46.8 Å². The molecule has 2 fully saturated rings. The van der Waals surface area contributed by atoms with Gasteiger partial charge in [0, 0.05) is 43.8 Å². The van der Waals surface area contributed by atoms with Gasteiger partial charge in [-0.3, -0.25) is 14.8 Å². The Hall–Kier alpha value is -0.710. The molecular weight excluding hydrogens is 535 g/mol. The molecule has 0 amide bonds. The summed E-state index contributed by atoms with van der Waals surface area (Å²) < 4.78 is 25.1. The summed E-state index contributed by atoms with van der Waals surface area (Å²) in [5.74, 6) is 1.24. The average Bonchev–Trinajstić information content (AvgIpc) is 2.72. The van der Waals surface area contributed by atoms with Crippen molar-refractivity contribution < 1.29 is 8.78 Å². The molecule has 2 heterocycles. The van der Waals surface area contributed by atoms with Gasteiger partial charge in [0.2, 0.25) is 0 Å². The third kappa shape index (κ3) is 7.98.